The summed E-state index contributed by atoms with van der Waals surface area (Å²) in [6.07, 6.45) is 1.78. The molecule has 2 rings (SSSR count). The zero-order valence-electron chi connectivity index (χ0n) is 11.6. The summed E-state index contributed by atoms with van der Waals surface area (Å²) in [4.78, 5) is 0. The van der Waals surface area contributed by atoms with Crippen LogP contribution in [0.15, 0.2) is 24.3 Å². The molecule has 0 aromatic heterocycles. The third-order valence-electron chi connectivity index (χ3n) is 3.34. The van der Waals surface area contributed by atoms with Crippen molar-refractivity contribution in [1.29, 1.82) is 0 Å². The van der Waals surface area contributed by atoms with Crippen molar-refractivity contribution in [1.82, 2.24) is 5.32 Å². The molecule has 0 amide bonds. The molecule has 2 N–H and O–H groups in total. The maximum atomic E-state index is 9.87. The average molecular weight is 300 g/mol. The molecule has 0 spiro atoms. The quantitative estimate of drug-likeness (QED) is 0.809. The van der Waals surface area contributed by atoms with E-state index in [0.717, 1.165) is 26.2 Å². The number of hydrogen-bond donors (Lipinski definition) is 2. The van der Waals surface area contributed by atoms with Gasteiger partial charge in [0.2, 0.25) is 0 Å². The number of aliphatic hydroxyl groups is 1. The van der Waals surface area contributed by atoms with E-state index in [4.69, 9.17) is 21.1 Å². The summed E-state index contributed by atoms with van der Waals surface area (Å²) < 4.78 is 10.9. The van der Waals surface area contributed by atoms with E-state index in [1.807, 2.05) is 12.1 Å². The first kappa shape index (κ1) is 15.6. The third kappa shape index (κ3) is 5.29. The molecule has 2 atom stereocenters. The zero-order valence-corrected chi connectivity index (χ0v) is 12.3. The van der Waals surface area contributed by atoms with Gasteiger partial charge in [-0.15, -0.1) is 0 Å². The smallest absolute Gasteiger partial charge is 0.138 e. The fourth-order valence-corrected chi connectivity index (χ4v) is 2.42. The lowest BCUT2D eigenvalue weighted by Crippen LogP contribution is -2.36. The largest absolute Gasteiger partial charge is 0.489 e. The number of para-hydroxylation sites is 1. The molecule has 4 nitrogen and oxygen atoms in total. The Morgan fingerprint density at radius 1 is 1.45 bits per heavy atom. The number of rotatable bonds is 7. The summed E-state index contributed by atoms with van der Waals surface area (Å²) in [5, 5.41) is 13.7. The van der Waals surface area contributed by atoms with Gasteiger partial charge < -0.3 is 19.9 Å². The monoisotopic (exact) mass is 299 g/mol. The summed E-state index contributed by atoms with van der Waals surface area (Å²) in [6, 6.07) is 7.26. The van der Waals surface area contributed by atoms with Crippen LogP contribution in [0.25, 0.3) is 0 Å². The minimum Gasteiger partial charge on any atom is -0.489 e. The van der Waals surface area contributed by atoms with Crippen LogP contribution in [0.1, 0.15) is 12.8 Å². The third-order valence-corrected chi connectivity index (χ3v) is 3.65. The van der Waals surface area contributed by atoms with Gasteiger partial charge in [-0.05, 0) is 30.9 Å². The standard InChI is InChI=1S/C15H22ClNO3/c16-14-5-1-2-6-15(14)20-11-13(18)9-17-8-12-4-3-7-19-10-12/h1-2,5-6,12-13,17-18H,3-4,7-11H2. The first-order chi connectivity index (χ1) is 9.75. The molecule has 20 heavy (non-hydrogen) atoms. The highest BCUT2D eigenvalue weighted by Crippen LogP contribution is 2.23. The van der Waals surface area contributed by atoms with Gasteiger partial charge in [0.05, 0.1) is 11.6 Å². The molecule has 1 saturated heterocycles. The predicted octanol–water partition coefficient (Wildman–Crippen LogP) is 2.10. The Hall–Kier alpha value is -0.810. The highest BCUT2D eigenvalue weighted by Gasteiger charge is 2.14. The highest BCUT2D eigenvalue weighted by atomic mass is 35.5. The van der Waals surface area contributed by atoms with Gasteiger partial charge in [-0.25, -0.2) is 0 Å². The van der Waals surface area contributed by atoms with Crippen LogP contribution in [0.4, 0.5) is 0 Å². The lowest BCUT2D eigenvalue weighted by Gasteiger charge is -2.23. The van der Waals surface area contributed by atoms with Gasteiger partial charge in [0.15, 0.2) is 0 Å². The van der Waals surface area contributed by atoms with Crippen LogP contribution in [0.3, 0.4) is 0 Å². The van der Waals surface area contributed by atoms with Crippen LogP contribution in [0, 0.1) is 5.92 Å². The van der Waals surface area contributed by atoms with Crippen molar-refractivity contribution in [3.63, 3.8) is 0 Å². The first-order valence-electron chi connectivity index (χ1n) is 7.09. The molecular weight excluding hydrogens is 278 g/mol. The molecule has 0 saturated carbocycles. The summed E-state index contributed by atoms with van der Waals surface area (Å²) in [6.45, 7) is 3.33. The SMILES string of the molecule is OC(CNCC1CCCOC1)COc1ccccc1Cl. The van der Waals surface area contributed by atoms with E-state index in [1.54, 1.807) is 12.1 Å². The van der Waals surface area contributed by atoms with Crippen LogP contribution < -0.4 is 10.1 Å². The van der Waals surface area contributed by atoms with Gasteiger partial charge in [0.25, 0.3) is 0 Å². The van der Waals surface area contributed by atoms with Crippen LogP contribution in [0.5, 0.6) is 5.75 Å². The molecule has 1 aliphatic heterocycles. The molecule has 112 valence electrons. The normalized spacial score (nSPS) is 20.6. The van der Waals surface area contributed by atoms with Crippen LogP contribution in [0.2, 0.25) is 5.02 Å². The number of ether oxygens (including phenoxy) is 2. The number of halogens is 1. The van der Waals surface area contributed by atoms with Gasteiger partial charge in [0, 0.05) is 19.7 Å². The van der Waals surface area contributed by atoms with E-state index >= 15 is 0 Å². The summed E-state index contributed by atoms with van der Waals surface area (Å²) >= 11 is 5.98. The second kappa shape index (κ2) is 8.47. The Balaban J connectivity index is 1.60. The molecular formula is C15H22ClNO3. The van der Waals surface area contributed by atoms with E-state index in [2.05, 4.69) is 5.32 Å². The maximum Gasteiger partial charge on any atom is 0.138 e. The summed E-state index contributed by atoms with van der Waals surface area (Å²) in [7, 11) is 0. The van der Waals surface area contributed by atoms with Crippen molar-refractivity contribution in [3.05, 3.63) is 29.3 Å². The van der Waals surface area contributed by atoms with E-state index in [9.17, 15) is 5.11 Å². The number of hydrogen-bond acceptors (Lipinski definition) is 4. The van der Waals surface area contributed by atoms with Crippen molar-refractivity contribution < 1.29 is 14.6 Å². The van der Waals surface area contributed by atoms with Crippen LogP contribution in [-0.2, 0) is 4.74 Å². The Morgan fingerprint density at radius 2 is 2.30 bits per heavy atom. The minimum absolute atomic E-state index is 0.234. The average Bonchev–Trinajstić information content (AvgIpc) is 2.47. The van der Waals surface area contributed by atoms with Crippen molar-refractivity contribution in [2.75, 3.05) is 32.9 Å². The van der Waals surface area contributed by atoms with Gasteiger partial charge in [-0.2, -0.15) is 0 Å². The van der Waals surface area contributed by atoms with Crippen molar-refractivity contribution in [3.8, 4) is 5.75 Å². The van der Waals surface area contributed by atoms with Gasteiger partial charge in [-0.3, -0.25) is 0 Å². The molecule has 1 aromatic rings. The lowest BCUT2D eigenvalue weighted by molar-refractivity contribution is 0.0516. The Labute approximate surface area is 125 Å². The van der Waals surface area contributed by atoms with Crippen LogP contribution in [-0.4, -0.2) is 44.1 Å². The highest BCUT2D eigenvalue weighted by molar-refractivity contribution is 6.32. The van der Waals surface area contributed by atoms with Gasteiger partial charge >= 0.3 is 0 Å². The predicted molar refractivity (Wildman–Crippen MR) is 79.4 cm³/mol. The summed E-state index contributed by atoms with van der Waals surface area (Å²) in [5.41, 5.74) is 0. The first-order valence-corrected chi connectivity index (χ1v) is 7.47. The van der Waals surface area contributed by atoms with Gasteiger partial charge in [0.1, 0.15) is 18.5 Å². The Kier molecular flexibility index (Phi) is 6.60. The number of nitrogens with one attached hydrogen (secondary N) is 1. The van der Waals surface area contributed by atoms with E-state index in [1.165, 1.54) is 6.42 Å². The number of benzene rings is 1. The Bertz CT molecular complexity index is 396. The summed E-state index contributed by atoms with van der Waals surface area (Å²) in [5.74, 6) is 1.16. The van der Waals surface area contributed by atoms with Crippen molar-refractivity contribution >= 4 is 11.6 Å². The van der Waals surface area contributed by atoms with Crippen molar-refractivity contribution in [2.45, 2.75) is 18.9 Å². The van der Waals surface area contributed by atoms with E-state index in [-0.39, 0.29) is 6.61 Å². The molecule has 5 heteroatoms. The second-order valence-electron chi connectivity index (χ2n) is 5.14. The minimum atomic E-state index is -0.546. The van der Waals surface area contributed by atoms with E-state index in [0.29, 0.717) is 23.2 Å². The maximum absolute atomic E-state index is 9.87. The van der Waals surface area contributed by atoms with Gasteiger partial charge in [-0.1, -0.05) is 23.7 Å². The molecule has 1 fully saturated rings. The molecule has 0 bridgehead atoms. The number of aliphatic hydroxyl groups excluding tert-OH is 1. The molecule has 1 aromatic carbocycles. The lowest BCUT2D eigenvalue weighted by atomic mass is 10.0. The van der Waals surface area contributed by atoms with Crippen molar-refractivity contribution in [2.24, 2.45) is 5.92 Å². The zero-order chi connectivity index (χ0) is 14.2. The molecule has 2 unspecified atom stereocenters. The molecule has 0 aliphatic carbocycles. The molecule has 1 heterocycles. The molecule has 0 radical (unpaired) electrons. The second-order valence-corrected chi connectivity index (χ2v) is 5.54. The van der Waals surface area contributed by atoms with Crippen LogP contribution >= 0.6 is 11.6 Å². The fraction of sp³-hybridized carbons (Fsp3) is 0.600. The Morgan fingerprint density at radius 3 is 3.05 bits per heavy atom. The molecule has 1 aliphatic rings. The van der Waals surface area contributed by atoms with E-state index < -0.39 is 6.10 Å². The topological polar surface area (TPSA) is 50.7 Å². The fourth-order valence-electron chi connectivity index (χ4n) is 2.23.